The fourth-order valence-corrected chi connectivity index (χ4v) is 6.09. The van der Waals surface area contributed by atoms with Gasteiger partial charge in [-0.15, -0.1) is 0 Å². The molecule has 2 amide bonds. The van der Waals surface area contributed by atoms with E-state index in [4.69, 9.17) is 9.16 Å². The van der Waals surface area contributed by atoms with Gasteiger partial charge in [-0.25, -0.2) is 9.69 Å². The Hall–Kier alpha value is -1.99. The first-order valence-corrected chi connectivity index (χ1v) is 15.0. The van der Waals surface area contributed by atoms with E-state index in [1.165, 1.54) is 4.90 Å². The molecule has 1 aromatic carbocycles. The third kappa shape index (κ3) is 4.80. The Labute approximate surface area is 199 Å². The summed E-state index contributed by atoms with van der Waals surface area (Å²) in [6.07, 6.45) is 1.20. The molecular formula is C26H39NO5Si. The molecule has 182 valence electrons. The minimum Gasteiger partial charge on any atom is -0.439 e. The summed E-state index contributed by atoms with van der Waals surface area (Å²) in [4.78, 5) is 40.6. The molecule has 3 rings (SSSR count). The number of rotatable bonds is 8. The van der Waals surface area contributed by atoms with E-state index in [9.17, 15) is 14.4 Å². The van der Waals surface area contributed by atoms with E-state index in [1.807, 2.05) is 44.2 Å². The molecule has 0 aromatic heterocycles. The van der Waals surface area contributed by atoms with Gasteiger partial charge in [-0.05, 0) is 43.5 Å². The van der Waals surface area contributed by atoms with Crippen LogP contribution in [0.4, 0.5) is 4.79 Å². The highest BCUT2D eigenvalue weighted by molar-refractivity contribution is 6.74. The van der Waals surface area contributed by atoms with Gasteiger partial charge < -0.3 is 9.16 Å². The number of ether oxygens (including phenoxy) is 1. The number of amides is 2. The Morgan fingerprint density at radius 3 is 2.30 bits per heavy atom. The van der Waals surface area contributed by atoms with Crippen molar-refractivity contribution < 1.29 is 23.5 Å². The SMILES string of the molecule is CCC(=O)C1(C(CC(=O)N2C(=O)OC(c3ccccc3)C2C)O[Si](C)(C)C(C)(C)C)CCC1. The molecule has 7 heteroatoms. The molecule has 1 aliphatic carbocycles. The summed E-state index contributed by atoms with van der Waals surface area (Å²) in [6, 6.07) is 9.05. The normalized spacial score (nSPS) is 23.6. The molecule has 0 spiro atoms. The van der Waals surface area contributed by atoms with Crippen LogP contribution in [0.15, 0.2) is 30.3 Å². The molecule has 1 aliphatic heterocycles. The van der Waals surface area contributed by atoms with Crippen molar-refractivity contribution >= 4 is 26.1 Å². The molecule has 0 bridgehead atoms. The Balaban J connectivity index is 1.87. The van der Waals surface area contributed by atoms with Gasteiger partial charge >= 0.3 is 6.09 Å². The number of benzene rings is 1. The van der Waals surface area contributed by atoms with E-state index in [0.29, 0.717) is 6.42 Å². The van der Waals surface area contributed by atoms with Gasteiger partial charge in [0.2, 0.25) is 5.91 Å². The van der Waals surface area contributed by atoms with Crippen molar-refractivity contribution in [3.05, 3.63) is 35.9 Å². The Morgan fingerprint density at radius 1 is 1.21 bits per heavy atom. The summed E-state index contributed by atoms with van der Waals surface area (Å²) >= 11 is 0. The molecule has 6 nitrogen and oxygen atoms in total. The smallest absolute Gasteiger partial charge is 0.417 e. The summed E-state index contributed by atoms with van der Waals surface area (Å²) in [5.41, 5.74) is 0.227. The molecule has 1 saturated heterocycles. The average molecular weight is 474 g/mol. The molecule has 1 heterocycles. The number of ketones is 1. The highest BCUT2D eigenvalue weighted by Crippen LogP contribution is 2.50. The first kappa shape index (κ1) is 25.6. The van der Waals surface area contributed by atoms with E-state index in [1.54, 1.807) is 0 Å². The Morgan fingerprint density at radius 2 is 1.82 bits per heavy atom. The molecule has 2 fully saturated rings. The largest absolute Gasteiger partial charge is 0.439 e. The number of carbonyl (C=O) groups is 3. The van der Waals surface area contributed by atoms with Gasteiger partial charge in [0.05, 0.1) is 24.0 Å². The van der Waals surface area contributed by atoms with Gasteiger partial charge in [-0.1, -0.05) is 64.4 Å². The topological polar surface area (TPSA) is 72.9 Å². The predicted molar refractivity (Wildman–Crippen MR) is 130 cm³/mol. The number of nitrogens with zero attached hydrogens (tertiary/aromatic N) is 1. The minimum atomic E-state index is -2.26. The van der Waals surface area contributed by atoms with Gasteiger partial charge in [0.1, 0.15) is 11.9 Å². The second kappa shape index (κ2) is 9.33. The second-order valence-electron chi connectivity index (χ2n) is 11.1. The standard InChI is InChI=1S/C26H39NO5Si/c1-8-20(28)26(15-12-16-26)21(32-33(6,7)25(3,4)5)17-22(29)27-18(2)23(31-24(27)30)19-13-10-9-11-14-19/h9-11,13-14,18,21,23H,8,12,15-17H2,1-7H3. The van der Waals surface area contributed by atoms with Crippen molar-refractivity contribution in [3.8, 4) is 0 Å². The quantitative estimate of drug-likeness (QED) is 0.431. The van der Waals surface area contributed by atoms with Crippen LogP contribution < -0.4 is 0 Å². The van der Waals surface area contributed by atoms with E-state index in [2.05, 4.69) is 33.9 Å². The first-order valence-electron chi connectivity index (χ1n) is 12.1. The van der Waals surface area contributed by atoms with Gasteiger partial charge in [-0.2, -0.15) is 0 Å². The van der Waals surface area contributed by atoms with Crippen LogP contribution in [0.25, 0.3) is 0 Å². The van der Waals surface area contributed by atoms with E-state index in [0.717, 1.165) is 24.8 Å². The van der Waals surface area contributed by atoms with Crippen molar-refractivity contribution in [3.63, 3.8) is 0 Å². The summed E-state index contributed by atoms with van der Waals surface area (Å²) < 4.78 is 12.4. The fourth-order valence-electron chi connectivity index (χ4n) is 4.71. The van der Waals surface area contributed by atoms with Crippen LogP contribution in [0, 0.1) is 5.41 Å². The van der Waals surface area contributed by atoms with Crippen LogP contribution >= 0.6 is 0 Å². The highest BCUT2D eigenvalue weighted by atomic mass is 28.4. The van der Waals surface area contributed by atoms with Gasteiger partial charge in [-0.3, -0.25) is 9.59 Å². The third-order valence-electron chi connectivity index (χ3n) is 8.01. The van der Waals surface area contributed by atoms with Crippen LogP contribution in [-0.4, -0.2) is 43.1 Å². The Kier molecular flexibility index (Phi) is 7.25. The van der Waals surface area contributed by atoms with Crippen LogP contribution in [0.2, 0.25) is 18.1 Å². The average Bonchev–Trinajstić information content (AvgIpc) is 3.00. The molecule has 33 heavy (non-hydrogen) atoms. The van der Waals surface area contributed by atoms with Crippen LogP contribution in [0.1, 0.15) is 78.4 Å². The molecule has 3 unspecified atom stereocenters. The van der Waals surface area contributed by atoms with E-state index >= 15 is 0 Å². The second-order valence-corrected chi connectivity index (χ2v) is 15.8. The monoisotopic (exact) mass is 473 g/mol. The maximum Gasteiger partial charge on any atom is 0.417 e. The maximum absolute atomic E-state index is 13.5. The number of hydrogen-bond donors (Lipinski definition) is 0. The van der Waals surface area contributed by atoms with Crippen molar-refractivity contribution in [2.45, 2.75) is 103 Å². The molecule has 1 aromatic rings. The van der Waals surface area contributed by atoms with E-state index < -0.39 is 38.1 Å². The van der Waals surface area contributed by atoms with E-state index in [-0.39, 0.29) is 23.1 Å². The summed E-state index contributed by atoms with van der Waals surface area (Å²) in [7, 11) is -2.26. The van der Waals surface area contributed by atoms with Crippen molar-refractivity contribution in [2.24, 2.45) is 5.41 Å². The van der Waals surface area contributed by atoms with Crippen molar-refractivity contribution in [1.82, 2.24) is 4.90 Å². The first-order chi connectivity index (χ1) is 15.3. The highest BCUT2D eigenvalue weighted by Gasteiger charge is 2.54. The van der Waals surface area contributed by atoms with Crippen LogP contribution in [0.3, 0.4) is 0 Å². The summed E-state index contributed by atoms with van der Waals surface area (Å²) in [6.45, 7) is 14.4. The number of hydrogen-bond acceptors (Lipinski definition) is 5. The van der Waals surface area contributed by atoms with Crippen molar-refractivity contribution in [2.75, 3.05) is 0 Å². The summed E-state index contributed by atoms with van der Waals surface area (Å²) in [5.74, 6) is -0.172. The lowest BCUT2D eigenvalue weighted by atomic mass is 9.61. The lowest BCUT2D eigenvalue weighted by Crippen LogP contribution is -2.56. The van der Waals surface area contributed by atoms with Gasteiger partial charge in [0, 0.05) is 6.42 Å². The summed E-state index contributed by atoms with van der Waals surface area (Å²) in [5, 5.41) is -0.0627. The number of cyclic esters (lactones) is 1. The molecule has 3 atom stereocenters. The Bertz CT molecular complexity index is 888. The zero-order valence-corrected chi connectivity index (χ0v) is 22.1. The lowest BCUT2D eigenvalue weighted by molar-refractivity contribution is -0.147. The van der Waals surface area contributed by atoms with Gasteiger partial charge in [0.15, 0.2) is 8.32 Å². The maximum atomic E-state index is 13.5. The number of imide groups is 1. The number of Topliss-reactive ketones (excluding diaryl/α,β-unsaturated/α-hetero) is 1. The molecule has 0 N–H and O–H groups in total. The molecular weight excluding hydrogens is 434 g/mol. The fraction of sp³-hybridized carbons (Fsp3) is 0.654. The third-order valence-corrected chi connectivity index (χ3v) is 12.5. The zero-order valence-electron chi connectivity index (χ0n) is 21.1. The molecule has 1 saturated carbocycles. The number of carbonyl (C=O) groups excluding carboxylic acids is 3. The zero-order chi connectivity index (χ0) is 24.6. The lowest BCUT2D eigenvalue weighted by Gasteiger charge is -2.50. The van der Waals surface area contributed by atoms with Crippen LogP contribution in [0.5, 0.6) is 0 Å². The van der Waals surface area contributed by atoms with Crippen molar-refractivity contribution in [1.29, 1.82) is 0 Å². The molecule has 0 radical (unpaired) electrons. The minimum absolute atomic E-state index is 0.0131. The van der Waals surface area contributed by atoms with Gasteiger partial charge in [0.25, 0.3) is 0 Å². The molecule has 2 aliphatic rings. The van der Waals surface area contributed by atoms with Crippen LogP contribution in [-0.2, 0) is 18.8 Å². The predicted octanol–water partition coefficient (Wildman–Crippen LogP) is 6.02.